The third-order valence-electron chi connectivity index (χ3n) is 0.287. The van der Waals surface area contributed by atoms with Gasteiger partial charge in [-0.3, -0.25) is 0 Å². The van der Waals surface area contributed by atoms with Crippen LogP contribution >= 0.6 is 37.9 Å². The van der Waals surface area contributed by atoms with Gasteiger partial charge in [-0.15, -0.1) is 37.9 Å². The average Bonchev–Trinajstić information content (AvgIpc) is 1.31. The summed E-state index contributed by atoms with van der Waals surface area (Å²) in [4.78, 5) is 9.79. The lowest BCUT2D eigenvalue weighted by atomic mass is 10.8. The van der Waals surface area contributed by atoms with E-state index in [0.717, 1.165) is 0 Å². The van der Waals surface area contributed by atoms with Crippen LogP contribution in [0, 0.1) is 0 Å². The van der Waals surface area contributed by atoms with Crippen molar-refractivity contribution >= 4 is 43.9 Å². The zero-order valence-electron chi connectivity index (χ0n) is 3.20. The van der Waals surface area contributed by atoms with Crippen molar-refractivity contribution in [1.82, 2.24) is 0 Å². The van der Waals surface area contributed by atoms with Crippen LogP contribution in [-0.4, -0.2) is 14.5 Å². The van der Waals surface area contributed by atoms with Crippen molar-refractivity contribution in [3.8, 4) is 0 Å². The molecule has 7 heavy (non-hydrogen) atoms. The van der Waals surface area contributed by atoms with Crippen molar-refractivity contribution in [3.05, 3.63) is 0 Å². The maximum Gasteiger partial charge on any atom is 0.339 e. The first-order valence-electron chi connectivity index (χ1n) is 1.35. The summed E-state index contributed by atoms with van der Waals surface area (Å²) >= 11 is 10.4. The molecule has 0 bridgehead atoms. The van der Waals surface area contributed by atoms with Crippen molar-refractivity contribution in [1.29, 1.82) is 0 Å². The van der Waals surface area contributed by atoms with Gasteiger partial charge in [-0.2, -0.15) is 0 Å². The van der Waals surface area contributed by atoms with Crippen molar-refractivity contribution in [2.75, 3.05) is 0 Å². The van der Waals surface area contributed by atoms with Crippen LogP contribution in [-0.2, 0) is 4.79 Å². The number of carboxylic acid groups (broad SMARTS) is 1. The molecular formula is C2H4O2S3. The maximum atomic E-state index is 9.79. The Kier molecular flexibility index (Phi) is 2.35. The Morgan fingerprint density at radius 2 is 1.57 bits per heavy atom. The smallest absolute Gasteiger partial charge is 0.339 e. The van der Waals surface area contributed by atoms with E-state index in [4.69, 9.17) is 5.11 Å². The van der Waals surface area contributed by atoms with Crippen LogP contribution < -0.4 is 0 Å². The molecule has 2 nitrogen and oxygen atoms in total. The standard InChI is InChI=1S/C2H4O2S3/c3-1(4)2(5,6)7/h5-7H,(H,3,4). The monoisotopic (exact) mass is 156 g/mol. The van der Waals surface area contributed by atoms with Gasteiger partial charge in [-0.25, -0.2) is 4.79 Å². The van der Waals surface area contributed by atoms with E-state index in [1.165, 1.54) is 0 Å². The van der Waals surface area contributed by atoms with Gasteiger partial charge in [-0.05, 0) is 0 Å². The molecule has 0 spiro atoms. The van der Waals surface area contributed by atoms with Crippen LogP contribution in [0.15, 0.2) is 0 Å². The normalized spacial score (nSPS) is 11.3. The summed E-state index contributed by atoms with van der Waals surface area (Å²) in [6, 6.07) is 0. The predicted molar refractivity (Wildman–Crippen MR) is 37.3 cm³/mol. The highest BCUT2D eigenvalue weighted by Gasteiger charge is 2.23. The molecule has 5 heteroatoms. The van der Waals surface area contributed by atoms with Crippen molar-refractivity contribution < 1.29 is 9.90 Å². The molecule has 0 aromatic rings. The summed E-state index contributed by atoms with van der Waals surface area (Å²) in [5, 5.41) is 8.02. The van der Waals surface area contributed by atoms with E-state index in [2.05, 4.69) is 37.9 Å². The van der Waals surface area contributed by atoms with E-state index in [-0.39, 0.29) is 0 Å². The van der Waals surface area contributed by atoms with Gasteiger partial charge in [0.25, 0.3) is 0 Å². The highest BCUT2D eigenvalue weighted by atomic mass is 32.2. The van der Waals surface area contributed by atoms with Gasteiger partial charge in [0.15, 0.2) is 3.41 Å². The van der Waals surface area contributed by atoms with E-state index in [9.17, 15) is 4.79 Å². The third-order valence-corrected chi connectivity index (χ3v) is 0.861. The minimum absolute atomic E-state index is 1.16. The van der Waals surface area contributed by atoms with E-state index < -0.39 is 9.38 Å². The van der Waals surface area contributed by atoms with Gasteiger partial charge >= 0.3 is 5.97 Å². The van der Waals surface area contributed by atoms with Crippen LogP contribution in [0.5, 0.6) is 0 Å². The Morgan fingerprint density at radius 1 is 1.43 bits per heavy atom. The molecule has 0 heterocycles. The molecule has 0 aromatic heterocycles. The fraction of sp³-hybridized carbons (Fsp3) is 0.500. The van der Waals surface area contributed by atoms with Crippen molar-refractivity contribution in [3.63, 3.8) is 0 Å². The molecule has 0 unspecified atom stereocenters. The molecule has 0 rings (SSSR count). The van der Waals surface area contributed by atoms with Crippen molar-refractivity contribution in [2.24, 2.45) is 0 Å². The van der Waals surface area contributed by atoms with Crippen molar-refractivity contribution in [2.45, 2.75) is 3.41 Å². The Bertz CT molecular complexity index is 83.4. The number of hydrogen-bond donors (Lipinski definition) is 4. The number of carboxylic acids is 1. The molecule has 1 N–H and O–H groups in total. The molecule has 0 aromatic carbocycles. The summed E-state index contributed by atoms with van der Waals surface area (Å²) in [6.45, 7) is 0. The molecular weight excluding hydrogens is 152 g/mol. The average molecular weight is 156 g/mol. The Balaban J connectivity index is 3.79. The fourth-order valence-electron chi connectivity index (χ4n) is 0. The summed E-state index contributed by atoms with van der Waals surface area (Å²) < 4.78 is -1.50. The van der Waals surface area contributed by atoms with Crippen LogP contribution in [0.25, 0.3) is 0 Å². The zero-order valence-corrected chi connectivity index (χ0v) is 5.88. The number of rotatable bonds is 1. The molecule has 0 aliphatic carbocycles. The summed E-state index contributed by atoms with van der Waals surface area (Å²) in [5.74, 6) is -1.16. The Morgan fingerprint density at radius 3 is 1.57 bits per heavy atom. The first-order chi connectivity index (χ1) is 2.94. The van der Waals surface area contributed by atoms with Gasteiger partial charge in [0.1, 0.15) is 0 Å². The molecule has 42 valence electrons. The predicted octanol–water partition coefficient (Wildman–Crippen LogP) is 0.514. The largest absolute Gasteiger partial charge is 0.479 e. The molecule has 0 amide bonds. The second kappa shape index (κ2) is 2.19. The van der Waals surface area contributed by atoms with Crippen LogP contribution in [0.4, 0.5) is 0 Å². The molecule has 0 aliphatic heterocycles. The highest BCUT2D eigenvalue weighted by Crippen LogP contribution is 2.23. The van der Waals surface area contributed by atoms with E-state index >= 15 is 0 Å². The first kappa shape index (κ1) is 7.52. The lowest BCUT2D eigenvalue weighted by molar-refractivity contribution is -0.135. The third kappa shape index (κ3) is 3.13. The lowest BCUT2D eigenvalue weighted by Gasteiger charge is -2.05. The minimum Gasteiger partial charge on any atom is -0.479 e. The summed E-state index contributed by atoms with van der Waals surface area (Å²) in [6.07, 6.45) is 0. The number of carbonyl (C=O) groups is 1. The molecule has 0 saturated carbocycles. The molecule has 0 atom stereocenters. The molecule has 0 radical (unpaired) electrons. The topological polar surface area (TPSA) is 37.3 Å². The minimum atomic E-state index is -1.50. The van der Waals surface area contributed by atoms with E-state index in [0.29, 0.717) is 0 Å². The first-order valence-corrected chi connectivity index (χ1v) is 2.69. The second-order valence-corrected chi connectivity index (χ2v) is 4.01. The number of thiol groups is 3. The molecule has 0 aliphatic rings. The summed E-state index contributed by atoms with van der Waals surface area (Å²) in [5.41, 5.74) is 0. The lowest BCUT2D eigenvalue weighted by Crippen LogP contribution is -2.17. The van der Waals surface area contributed by atoms with E-state index in [1.807, 2.05) is 0 Å². The van der Waals surface area contributed by atoms with Gasteiger partial charge in [0.2, 0.25) is 0 Å². The SMILES string of the molecule is O=C(O)C(S)(S)S. The molecule has 0 saturated heterocycles. The van der Waals surface area contributed by atoms with Gasteiger partial charge in [-0.1, -0.05) is 0 Å². The molecule has 0 fully saturated rings. The van der Waals surface area contributed by atoms with Gasteiger partial charge < -0.3 is 5.11 Å². The quantitative estimate of drug-likeness (QED) is 0.330. The van der Waals surface area contributed by atoms with Gasteiger partial charge in [0.05, 0.1) is 0 Å². The van der Waals surface area contributed by atoms with Crippen LogP contribution in [0.2, 0.25) is 0 Å². The second-order valence-electron chi connectivity index (χ2n) is 0.941. The summed E-state index contributed by atoms with van der Waals surface area (Å²) in [7, 11) is 0. The number of aliphatic carboxylic acids is 1. The zero-order chi connectivity index (χ0) is 6.08. The fourth-order valence-corrected chi connectivity index (χ4v) is 0. The van der Waals surface area contributed by atoms with Crippen LogP contribution in [0.3, 0.4) is 0 Å². The van der Waals surface area contributed by atoms with Gasteiger partial charge in [0, 0.05) is 0 Å². The van der Waals surface area contributed by atoms with E-state index in [1.54, 1.807) is 0 Å². The Hall–Kier alpha value is 0.520. The Labute approximate surface area is 57.5 Å². The number of hydrogen-bond acceptors (Lipinski definition) is 4. The maximum absolute atomic E-state index is 9.79. The van der Waals surface area contributed by atoms with Crippen LogP contribution in [0.1, 0.15) is 0 Å². The highest BCUT2D eigenvalue weighted by molar-refractivity contribution is 8.18.